The molecule has 0 aliphatic carbocycles. The van der Waals surface area contributed by atoms with E-state index in [-0.39, 0.29) is 35.4 Å². The van der Waals surface area contributed by atoms with Crippen LogP contribution < -0.4 is 10.5 Å². The molecule has 0 saturated carbocycles. The van der Waals surface area contributed by atoms with Gasteiger partial charge in [-0.15, -0.1) is 0 Å². The van der Waals surface area contributed by atoms with Gasteiger partial charge in [-0.1, -0.05) is 6.07 Å². The number of carboxylic acid groups (broad SMARTS) is 1. The zero-order chi connectivity index (χ0) is 19.4. The quantitative estimate of drug-likeness (QED) is 0.352. The number of hydrogen-bond acceptors (Lipinski definition) is 8. The van der Waals surface area contributed by atoms with Gasteiger partial charge in [0, 0.05) is 24.3 Å². The summed E-state index contributed by atoms with van der Waals surface area (Å²) in [7, 11) is -0.467. The third kappa shape index (κ3) is 4.61. The van der Waals surface area contributed by atoms with Gasteiger partial charge < -0.3 is 35.6 Å². The molecule has 1 aromatic rings. The summed E-state index contributed by atoms with van der Waals surface area (Å²) in [5, 5.41) is 37.8. The lowest BCUT2D eigenvalue weighted by Crippen LogP contribution is -2.58. The zero-order valence-electron chi connectivity index (χ0n) is 14.2. The first-order valence-corrected chi connectivity index (χ1v) is 8.92. The third-order valence-electron chi connectivity index (χ3n) is 4.09. The van der Waals surface area contributed by atoms with Crippen LogP contribution >= 0.6 is 11.8 Å². The van der Waals surface area contributed by atoms with E-state index in [0.717, 1.165) is 11.8 Å². The fraction of sp³-hybridized carbons (Fsp3) is 0.467. The van der Waals surface area contributed by atoms with Gasteiger partial charge in [0.15, 0.2) is 0 Å². The highest BCUT2D eigenvalue weighted by Gasteiger charge is 2.31. The number of rotatable bonds is 8. The lowest BCUT2D eigenvalue weighted by Gasteiger charge is -2.37. The molecule has 0 radical (unpaired) electrons. The molecule has 142 valence electrons. The van der Waals surface area contributed by atoms with Gasteiger partial charge in [-0.3, -0.25) is 4.79 Å². The lowest BCUT2D eigenvalue weighted by atomic mass is 9.81. The Labute approximate surface area is 154 Å². The Balaban J connectivity index is 2.08. The van der Waals surface area contributed by atoms with Crippen molar-refractivity contribution in [1.82, 2.24) is 4.90 Å². The van der Waals surface area contributed by atoms with Gasteiger partial charge in [-0.05, 0) is 18.1 Å². The number of aromatic hydroxyl groups is 1. The maximum atomic E-state index is 12.0. The highest BCUT2D eigenvalue weighted by atomic mass is 32.2. The van der Waals surface area contributed by atoms with Crippen molar-refractivity contribution in [2.45, 2.75) is 17.6 Å². The summed E-state index contributed by atoms with van der Waals surface area (Å²) in [4.78, 5) is 24.9. The molecule has 1 atom stereocenters. The molecule has 1 fully saturated rings. The second-order valence-corrected chi connectivity index (χ2v) is 7.21. The minimum Gasteiger partial charge on any atom is -0.507 e. The Hall–Kier alpha value is -1.95. The number of aromatic carboxylic acids is 1. The van der Waals surface area contributed by atoms with E-state index < -0.39 is 29.5 Å². The number of carbonyl (C=O) groups is 2. The third-order valence-corrected chi connectivity index (χ3v) is 5.35. The Morgan fingerprint density at radius 3 is 2.58 bits per heavy atom. The maximum absolute atomic E-state index is 12.0. The van der Waals surface area contributed by atoms with Crippen LogP contribution in [0.5, 0.6) is 11.5 Å². The summed E-state index contributed by atoms with van der Waals surface area (Å²) in [5.41, 5.74) is 5.44. The van der Waals surface area contributed by atoms with Crippen LogP contribution in [0.3, 0.4) is 0 Å². The maximum Gasteiger partial charge on any atom is 0.465 e. The normalized spacial score (nSPS) is 15.3. The highest BCUT2D eigenvalue weighted by Crippen LogP contribution is 2.33. The number of phenols is 1. The van der Waals surface area contributed by atoms with Gasteiger partial charge in [0.2, 0.25) is 5.91 Å². The monoisotopic (exact) mass is 384 g/mol. The molecule has 11 heteroatoms. The van der Waals surface area contributed by atoms with Crippen LogP contribution in [0.25, 0.3) is 0 Å². The molecular weight excluding hydrogens is 363 g/mol. The topological polar surface area (TPSA) is 154 Å². The fourth-order valence-electron chi connectivity index (χ4n) is 2.61. The smallest absolute Gasteiger partial charge is 0.465 e. The number of likely N-dealkylation sites (tertiary alicyclic amines) is 1. The van der Waals surface area contributed by atoms with E-state index in [4.69, 9.17) is 10.5 Å². The second-order valence-electron chi connectivity index (χ2n) is 5.98. The average Bonchev–Trinajstić information content (AvgIpc) is 2.55. The predicted molar refractivity (Wildman–Crippen MR) is 96.3 cm³/mol. The molecule has 1 aromatic carbocycles. The predicted octanol–water partition coefficient (Wildman–Crippen LogP) is -1.08. The summed E-state index contributed by atoms with van der Waals surface area (Å²) in [6.45, 7) is 0.958. The molecule has 2 rings (SSSR count). The molecule has 0 unspecified atom stereocenters. The molecule has 1 aliphatic heterocycles. The molecule has 1 heterocycles. The Morgan fingerprint density at radius 1 is 1.42 bits per heavy atom. The number of methoxy groups -OCH3 is 1. The van der Waals surface area contributed by atoms with Gasteiger partial charge in [0.25, 0.3) is 0 Å². The summed E-state index contributed by atoms with van der Waals surface area (Å²) in [6.07, 6.45) is -0.0365. The Morgan fingerprint density at radius 2 is 2.08 bits per heavy atom. The van der Waals surface area contributed by atoms with Gasteiger partial charge in [0.1, 0.15) is 17.1 Å². The summed E-state index contributed by atoms with van der Waals surface area (Å²) in [6, 6.07) is 2.82. The van der Waals surface area contributed by atoms with E-state index in [0.29, 0.717) is 13.1 Å². The van der Waals surface area contributed by atoms with E-state index in [9.17, 15) is 29.9 Å². The van der Waals surface area contributed by atoms with Crippen molar-refractivity contribution in [1.29, 1.82) is 0 Å². The molecule has 0 bridgehead atoms. The first kappa shape index (κ1) is 20.4. The van der Waals surface area contributed by atoms with Crippen molar-refractivity contribution in [3.63, 3.8) is 0 Å². The molecular formula is C15H21BN2O7S. The SMILES string of the molecule is COc1ccc(C[C@H](SCC(=O)N2CC(N)C2)B(O)O)c(O)c1C(=O)O. The van der Waals surface area contributed by atoms with Crippen LogP contribution in [0.15, 0.2) is 12.1 Å². The number of thioether (sulfide) groups is 1. The molecule has 26 heavy (non-hydrogen) atoms. The molecule has 6 N–H and O–H groups in total. The largest absolute Gasteiger partial charge is 0.507 e. The first-order chi connectivity index (χ1) is 12.2. The number of nitrogens with two attached hydrogens (primary N) is 1. The molecule has 9 nitrogen and oxygen atoms in total. The number of carboxylic acids is 1. The van der Waals surface area contributed by atoms with Gasteiger partial charge in [-0.25, -0.2) is 4.79 Å². The average molecular weight is 384 g/mol. The minimum atomic E-state index is -1.75. The number of nitrogens with zero attached hydrogens (tertiary/aromatic N) is 1. The minimum absolute atomic E-state index is 0.00296. The van der Waals surface area contributed by atoms with Crippen molar-refractivity contribution in [3.8, 4) is 11.5 Å². The Kier molecular flexibility index (Phi) is 6.76. The Bertz CT molecular complexity index is 682. The van der Waals surface area contributed by atoms with Crippen LogP contribution in [-0.2, 0) is 11.2 Å². The van der Waals surface area contributed by atoms with Gasteiger partial charge >= 0.3 is 13.1 Å². The van der Waals surface area contributed by atoms with E-state index >= 15 is 0 Å². The molecule has 1 amide bonds. The fourth-order valence-corrected chi connectivity index (χ4v) is 3.62. The summed E-state index contributed by atoms with van der Waals surface area (Å²) in [5.74, 6) is -2.00. The van der Waals surface area contributed by atoms with Gasteiger partial charge in [-0.2, -0.15) is 11.8 Å². The highest BCUT2D eigenvalue weighted by molar-refractivity contribution is 8.01. The summed E-state index contributed by atoms with van der Waals surface area (Å²) >= 11 is 1.02. The molecule has 1 aliphatic rings. The van der Waals surface area contributed by atoms with Crippen molar-refractivity contribution >= 4 is 30.8 Å². The van der Waals surface area contributed by atoms with Crippen molar-refractivity contribution in [3.05, 3.63) is 23.3 Å². The summed E-state index contributed by atoms with van der Waals surface area (Å²) < 4.78 is 4.92. The zero-order valence-corrected chi connectivity index (χ0v) is 15.0. The molecule has 1 saturated heterocycles. The van der Waals surface area contributed by atoms with Crippen LogP contribution in [0.2, 0.25) is 0 Å². The number of carbonyl (C=O) groups excluding carboxylic acids is 1. The number of hydrogen-bond donors (Lipinski definition) is 5. The van der Waals surface area contributed by atoms with Gasteiger partial charge in [0.05, 0.1) is 12.9 Å². The van der Waals surface area contributed by atoms with Crippen molar-refractivity contribution < 1.29 is 34.6 Å². The van der Waals surface area contributed by atoms with E-state index in [1.807, 2.05) is 0 Å². The van der Waals surface area contributed by atoms with E-state index in [1.54, 1.807) is 4.90 Å². The first-order valence-electron chi connectivity index (χ1n) is 7.87. The van der Waals surface area contributed by atoms with Crippen molar-refractivity contribution in [2.24, 2.45) is 5.73 Å². The van der Waals surface area contributed by atoms with Crippen LogP contribution in [0, 0.1) is 0 Å². The van der Waals surface area contributed by atoms with E-state index in [1.165, 1.54) is 19.2 Å². The number of benzene rings is 1. The van der Waals surface area contributed by atoms with E-state index in [2.05, 4.69) is 0 Å². The standard InChI is InChI=1S/C15H21BN2O7S/c1-25-10-3-2-8(14(20)13(10)15(21)22)4-11(16(23)24)26-7-12(19)18-5-9(17)6-18/h2-3,9,11,20,23-24H,4-7,17H2,1H3,(H,21,22)/t11-/m0/s1. The lowest BCUT2D eigenvalue weighted by molar-refractivity contribution is -0.132. The van der Waals surface area contributed by atoms with Crippen LogP contribution in [0.1, 0.15) is 15.9 Å². The second kappa shape index (κ2) is 8.63. The molecule has 0 aromatic heterocycles. The van der Waals surface area contributed by atoms with Crippen LogP contribution in [-0.4, -0.2) is 81.3 Å². The number of ether oxygens (including phenoxy) is 1. The van der Waals surface area contributed by atoms with Crippen LogP contribution in [0.4, 0.5) is 0 Å². The van der Waals surface area contributed by atoms with Crippen molar-refractivity contribution in [2.75, 3.05) is 26.0 Å². The number of amides is 1. The molecule has 0 spiro atoms.